The smallest absolute Gasteiger partial charge is 0.0801 e. The Balaban J connectivity index is 2.10. The predicted molar refractivity (Wildman–Crippen MR) is 55.3 cm³/mol. The van der Waals surface area contributed by atoms with Gasteiger partial charge in [0.2, 0.25) is 0 Å². The first-order valence-corrected chi connectivity index (χ1v) is 5.52. The minimum atomic E-state index is -0.281. The van der Waals surface area contributed by atoms with Crippen molar-refractivity contribution in [2.75, 3.05) is 20.3 Å². The molecule has 1 aliphatic carbocycles. The molecule has 2 atom stereocenters. The Hall–Kier alpha value is -0.120. The average Bonchev–Trinajstić information content (AvgIpc) is 2.67. The Labute approximate surface area is 86.4 Å². The van der Waals surface area contributed by atoms with Crippen LogP contribution in [0.25, 0.3) is 0 Å². The molecule has 0 aromatic heterocycles. The van der Waals surface area contributed by atoms with Gasteiger partial charge in [-0.15, -0.1) is 0 Å². The summed E-state index contributed by atoms with van der Waals surface area (Å²) in [6.45, 7) is 3.01. The van der Waals surface area contributed by atoms with Crippen molar-refractivity contribution in [3.63, 3.8) is 0 Å². The molecular formula is C11H22O3. The highest BCUT2D eigenvalue weighted by Crippen LogP contribution is 2.27. The Kier molecular flexibility index (Phi) is 5.45. The van der Waals surface area contributed by atoms with E-state index in [1.54, 1.807) is 7.11 Å². The fraction of sp³-hybridized carbons (Fsp3) is 1.00. The lowest BCUT2D eigenvalue weighted by molar-refractivity contribution is -0.0470. The van der Waals surface area contributed by atoms with Crippen molar-refractivity contribution >= 4 is 0 Å². The summed E-state index contributed by atoms with van der Waals surface area (Å²) in [6, 6.07) is 0. The van der Waals surface area contributed by atoms with Crippen LogP contribution in [0.15, 0.2) is 0 Å². The number of aliphatic hydroxyl groups is 1. The molecule has 0 radical (unpaired) electrons. The Bertz CT molecular complexity index is 143. The third kappa shape index (κ3) is 3.95. The molecule has 2 unspecified atom stereocenters. The minimum Gasteiger partial charge on any atom is -0.390 e. The lowest BCUT2D eigenvalue weighted by Gasteiger charge is -2.20. The lowest BCUT2D eigenvalue weighted by atomic mass is 10.0. The van der Waals surface area contributed by atoms with Crippen LogP contribution in [-0.2, 0) is 9.47 Å². The van der Waals surface area contributed by atoms with Crippen LogP contribution in [0, 0.1) is 5.92 Å². The summed E-state index contributed by atoms with van der Waals surface area (Å²) in [5.41, 5.74) is 0. The highest BCUT2D eigenvalue weighted by atomic mass is 16.5. The van der Waals surface area contributed by atoms with E-state index in [2.05, 4.69) is 0 Å². The monoisotopic (exact) mass is 202 g/mol. The van der Waals surface area contributed by atoms with Crippen LogP contribution in [0.3, 0.4) is 0 Å². The van der Waals surface area contributed by atoms with Gasteiger partial charge in [0, 0.05) is 7.11 Å². The number of hydrogen-bond donors (Lipinski definition) is 1. The summed E-state index contributed by atoms with van der Waals surface area (Å²) in [4.78, 5) is 0. The first kappa shape index (κ1) is 12.0. The van der Waals surface area contributed by atoms with Crippen molar-refractivity contribution in [1.29, 1.82) is 0 Å². The second-order valence-electron chi connectivity index (χ2n) is 4.21. The summed E-state index contributed by atoms with van der Waals surface area (Å²) in [5.74, 6) is 0.463. The van der Waals surface area contributed by atoms with Gasteiger partial charge in [0.25, 0.3) is 0 Å². The average molecular weight is 202 g/mol. The first-order valence-electron chi connectivity index (χ1n) is 5.52. The van der Waals surface area contributed by atoms with Crippen molar-refractivity contribution in [1.82, 2.24) is 0 Å². The molecule has 1 N–H and O–H groups in total. The van der Waals surface area contributed by atoms with Crippen LogP contribution in [0.5, 0.6) is 0 Å². The zero-order valence-electron chi connectivity index (χ0n) is 9.24. The highest BCUT2D eigenvalue weighted by Gasteiger charge is 2.23. The van der Waals surface area contributed by atoms with Crippen molar-refractivity contribution in [3.8, 4) is 0 Å². The predicted octanol–water partition coefficient (Wildman–Crippen LogP) is 1.59. The zero-order valence-corrected chi connectivity index (χ0v) is 9.24. The molecule has 1 rings (SSSR count). The van der Waals surface area contributed by atoms with Gasteiger partial charge in [-0.25, -0.2) is 0 Å². The van der Waals surface area contributed by atoms with Crippen LogP contribution in [0.1, 0.15) is 32.6 Å². The third-order valence-electron chi connectivity index (χ3n) is 2.90. The van der Waals surface area contributed by atoms with Crippen molar-refractivity contribution in [2.24, 2.45) is 5.92 Å². The Morgan fingerprint density at radius 1 is 1.29 bits per heavy atom. The number of aliphatic hydroxyl groups excluding tert-OH is 1. The van der Waals surface area contributed by atoms with E-state index in [1.165, 1.54) is 12.8 Å². The molecule has 0 heterocycles. The summed E-state index contributed by atoms with van der Waals surface area (Å²) in [7, 11) is 1.66. The van der Waals surface area contributed by atoms with E-state index in [1.807, 2.05) is 6.92 Å². The van der Waals surface area contributed by atoms with Gasteiger partial charge in [0.05, 0.1) is 25.4 Å². The largest absolute Gasteiger partial charge is 0.390 e. The quantitative estimate of drug-likeness (QED) is 0.711. The van der Waals surface area contributed by atoms with E-state index in [-0.39, 0.29) is 12.2 Å². The molecule has 0 spiro atoms. The van der Waals surface area contributed by atoms with Gasteiger partial charge in [-0.2, -0.15) is 0 Å². The van der Waals surface area contributed by atoms with E-state index in [0.717, 1.165) is 12.8 Å². The Morgan fingerprint density at radius 2 is 1.93 bits per heavy atom. The summed E-state index contributed by atoms with van der Waals surface area (Å²) in [5, 5.41) is 9.80. The second-order valence-corrected chi connectivity index (χ2v) is 4.21. The molecular weight excluding hydrogens is 180 g/mol. The van der Waals surface area contributed by atoms with Gasteiger partial charge in [-0.05, 0) is 25.7 Å². The molecule has 1 aliphatic rings. The third-order valence-corrected chi connectivity index (χ3v) is 2.90. The lowest BCUT2D eigenvalue weighted by Crippen LogP contribution is -2.27. The Morgan fingerprint density at radius 3 is 2.50 bits per heavy atom. The van der Waals surface area contributed by atoms with Crippen molar-refractivity contribution in [2.45, 2.75) is 44.8 Å². The maximum atomic E-state index is 9.80. The number of rotatable bonds is 6. The van der Waals surface area contributed by atoms with E-state index < -0.39 is 0 Å². The maximum absolute atomic E-state index is 9.80. The van der Waals surface area contributed by atoms with Crippen LogP contribution in [0.4, 0.5) is 0 Å². The van der Waals surface area contributed by atoms with E-state index in [4.69, 9.17) is 9.47 Å². The molecule has 0 saturated heterocycles. The molecule has 14 heavy (non-hydrogen) atoms. The minimum absolute atomic E-state index is 0.0797. The molecule has 3 nitrogen and oxygen atoms in total. The molecule has 84 valence electrons. The molecule has 0 aromatic rings. The summed E-state index contributed by atoms with van der Waals surface area (Å²) in [6.07, 6.45) is 4.63. The fourth-order valence-electron chi connectivity index (χ4n) is 2.02. The topological polar surface area (TPSA) is 38.7 Å². The van der Waals surface area contributed by atoms with Crippen LogP contribution < -0.4 is 0 Å². The zero-order chi connectivity index (χ0) is 10.4. The normalized spacial score (nSPS) is 22.5. The van der Waals surface area contributed by atoms with Crippen LogP contribution >= 0.6 is 0 Å². The summed E-state index contributed by atoms with van der Waals surface area (Å²) < 4.78 is 10.4. The standard InChI is InChI=1S/C11H22O3/c1-9(7-13-2)14-8-11(12)10-5-3-4-6-10/h9-12H,3-8H2,1-2H3. The van der Waals surface area contributed by atoms with Gasteiger partial charge in [-0.3, -0.25) is 0 Å². The fourth-order valence-corrected chi connectivity index (χ4v) is 2.02. The van der Waals surface area contributed by atoms with Gasteiger partial charge < -0.3 is 14.6 Å². The number of methoxy groups -OCH3 is 1. The molecule has 0 aliphatic heterocycles. The molecule has 0 amide bonds. The second kappa shape index (κ2) is 6.38. The molecule has 3 heteroatoms. The van der Waals surface area contributed by atoms with Gasteiger partial charge in [-0.1, -0.05) is 12.8 Å². The van der Waals surface area contributed by atoms with Gasteiger partial charge in [0.15, 0.2) is 0 Å². The van der Waals surface area contributed by atoms with Gasteiger partial charge >= 0.3 is 0 Å². The molecule has 0 bridgehead atoms. The van der Waals surface area contributed by atoms with Crippen molar-refractivity contribution in [3.05, 3.63) is 0 Å². The molecule has 1 saturated carbocycles. The molecule has 0 aromatic carbocycles. The molecule has 1 fully saturated rings. The highest BCUT2D eigenvalue weighted by molar-refractivity contribution is 4.74. The SMILES string of the molecule is COCC(C)OCC(O)C1CCCC1. The number of ether oxygens (including phenoxy) is 2. The van der Waals surface area contributed by atoms with E-state index >= 15 is 0 Å². The van der Waals surface area contributed by atoms with Crippen LogP contribution in [-0.4, -0.2) is 37.6 Å². The van der Waals surface area contributed by atoms with Crippen LogP contribution in [0.2, 0.25) is 0 Å². The number of hydrogen-bond acceptors (Lipinski definition) is 3. The van der Waals surface area contributed by atoms with E-state index in [0.29, 0.717) is 19.1 Å². The van der Waals surface area contributed by atoms with Crippen molar-refractivity contribution < 1.29 is 14.6 Å². The first-order chi connectivity index (χ1) is 6.74. The van der Waals surface area contributed by atoms with Gasteiger partial charge in [0.1, 0.15) is 0 Å². The van der Waals surface area contributed by atoms with E-state index in [9.17, 15) is 5.11 Å². The summed E-state index contributed by atoms with van der Waals surface area (Å²) >= 11 is 0. The maximum Gasteiger partial charge on any atom is 0.0801 e.